The smallest absolute Gasteiger partial charge is 0.254 e. The van der Waals surface area contributed by atoms with Gasteiger partial charge in [-0.25, -0.2) is 4.98 Å². The normalized spacial score (nSPS) is 17.5. The number of amides is 2. The summed E-state index contributed by atoms with van der Waals surface area (Å²) in [7, 11) is 0. The Morgan fingerprint density at radius 3 is 2.58 bits per heavy atom. The number of nitrogens with zero attached hydrogens (tertiary/aromatic N) is 3. The summed E-state index contributed by atoms with van der Waals surface area (Å²) in [6.07, 6.45) is 8.21. The first-order valence-corrected chi connectivity index (χ1v) is 12.3. The van der Waals surface area contributed by atoms with Gasteiger partial charge in [0.25, 0.3) is 5.91 Å². The molecule has 1 aromatic heterocycles. The molecule has 1 aromatic carbocycles. The molecule has 0 N–H and O–H groups in total. The molecule has 1 aliphatic carbocycles. The molecule has 0 radical (unpaired) electrons. The molecular weight excluding hydrogens is 410 g/mol. The Morgan fingerprint density at radius 2 is 1.84 bits per heavy atom. The van der Waals surface area contributed by atoms with Gasteiger partial charge in [-0.15, -0.1) is 11.3 Å². The van der Waals surface area contributed by atoms with Gasteiger partial charge in [0.05, 0.1) is 11.2 Å². The van der Waals surface area contributed by atoms with E-state index in [1.165, 1.54) is 43.4 Å². The maximum absolute atomic E-state index is 12.9. The van der Waals surface area contributed by atoms with Crippen molar-refractivity contribution in [1.29, 1.82) is 0 Å². The lowest BCUT2D eigenvalue weighted by Gasteiger charge is -2.35. The molecule has 166 valence electrons. The zero-order chi connectivity index (χ0) is 21.5. The molecular formula is C24H31N3O3S. The molecule has 2 aromatic rings. The molecule has 2 heterocycles. The van der Waals surface area contributed by atoms with E-state index < -0.39 is 0 Å². The number of piperazine rings is 1. The second kappa shape index (κ2) is 10.8. The van der Waals surface area contributed by atoms with E-state index in [1.54, 1.807) is 11.6 Å². The van der Waals surface area contributed by atoms with Crippen molar-refractivity contribution >= 4 is 23.2 Å². The molecule has 2 amide bonds. The number of ether oxygens (including phenoxy) is 1. The van der Waals surface area contributed by atoms with Crippen LogP contribution in [0.2, 0.25) is 0 Å². The number of rotatable bonds is 7. The number of hydrogen-bond donors (Lipinski definition) is 0. The van der Waals surface area contributed by atoms with E-state index in [1.807, 2.05) is 33.4 Å². The summed E-state index contributed by atoms with van der Waals surface area (Å²) in [6, 6.07) is 7.30. The fraction of sp³-hybridized carbons (Fsp3) is 0.542. The zero-order valence-corrected chi connectivity index (χ0v) is 18.8. The van der Waals surface area contributed by atoms with Gasteiger partial charge in [0.15, 0.2) is 0 Å². The van der Waals surface area contributed by atoms with Gasteiger partial charge in [-0.2, -0.15) is 0 Å². The fourth-order valence-electron chi connectivity index (χ4n) is 4.49. The van der Waals surface area contributed by atoms with Gasteiger partial charge in [-0.1, -0.05) is 38.2 Å². The molecule has 0 atom stereocenters. The highest BCUT2D eigenvalue weighted by Crippen LogP contribution is 2.27. The summed E-state index contributed by atoms with van der Waals surface area (Å²) in [4.78, 5) is 33.5. The van der Waals surface area contributed by atoms with Crippen LogP contribution in [0.3, 0.4) is 0 Å². The van der Waals surface area contributed by atoms with E-state index in [0.29, 0.717) is 50.5 Å². The van der Waals surface area contributed by atoms with Crippen molar-refractivity contribution in [2.45, 2.75) is 51.6 Å². The summed E-state index contributed by atoms with van der Waals surface area (Å²) in [5.74, 6) is 1.63. The third-order valence-corrected chi connectivity index (χ3v) is 7.00. The molecule has 2 aliphatic rings. The van der Waals surface area contributed by atoms with Crippen LogP contribution in [-0.4, -0.2) is 52.8 Å². The first-order valence-electron chi connectivity index (χ1n) is 11.4. The van der Waals surface area contributed by atoms with Crippen LogP contribution in [0, 0.1) is 5.92 Å². The third-order valence-electron chi connectivity index (χ3n) is 6.36. The number of aromatic nitrogens is 1. The summed E-state index contributed by atoms with van der Waals surface area (Å²) >= 11 is 1.53. The number of hydrogen-bond acceptors (Lipinski definition) is 5. The van der Waals surface area contributed by atoms with E-state index >= 15 is 0 Å². The molecule has 7 heteroatoms. The van der Waals surface area contributed by atoms with Crippen molar-refractivity contribution < 1.29 is 14.3 Å². The molecule has 0 bridgehead atoms. The average Bonchev–Trinajstić information content (AvgIpc) is 3.35. The van der Waals surface area contributed by atoms with Gasteiger partial charge in [0.1, 0.15) is 12.4 Å². The van der Waals surface area contributed by atoms with Crippen LogP contribution in [0.4, 0.5) is 0 Å². The van der Waals surface area contributed by atoms with Crippen molar-refractivity contribution in [1.82, 2.24) is 14.8 Å². The Balaban J connectivity index is 1.24. The van der Waals surface area contributed by atoms with Crippen LogP contribution < -0.4 is 4.74 Å². The van der Waals surface area contributed by atoms with Gasteiger partial charge >= 0.3 is 0 Å². The summed E-state index contributed by atoms with van der Waals surface area (Å²) in [5.41, 5.74) is 3.28. The molecule has 4 rings (SSSR count). The van der Waals surface area contributed by atoms with Gasteiger partial charge in [0.2, 0.25) is 5.91 Å². The minimum Gasteiger partial charge on any atom is -0.487 e. The van der Waals surface area contributed by atoms with Crippen molar-refractivity contribution in [3.63, 3.8) is 0 Å². The van der Waals surface area contributed by atoms with Crippen molar-refractivity contribution in [3.05, 3.63) is 46.4 Å². The van der Waals surface area contributed by atoms with E-state index in [-0.39, 0.29) is 11.8 Å². The number of carbonyl (C=O) groups is 2. The van der Waals surface area contributed by atoms with Crippen LogP contribution >= 0.6 is 11.3 Å². The Bertz CT molecular complexity index is 857. The van der Waals surface area contributed by atoms with E-state index in [9.17, 15) is 9.59 Å². The molecule has 1 saturated heterocycles. The SMILES string of the molecule is O=C(CCC1CCCCC1)N1CCN(C(=O)c2cccc(OCc3cscn3)c2)CC1. The van der Waals surface area contributed by atoms with Crippen molar-refractivity contribution in [2.75, 3.05) is 26.2 Å². The fourth-order valence-corrected chi connectivity index (χ4v) is 5.03. The van der Waals surface area contributed by atoms with E-state index in [4.69, 9.17) is 4.74 Å². The van der Waals surface area contributed by atoms with E-state index in [0.717, 1.165) is 18.0 Å². The highest BCUT2D eigenvalue weighted by molar-refractivity contribution is 7.07. The van der Waals surface area contributed by atoms with Crippen LogP contribution in [0.15, 0.2) is 35.2 Å². The molecule has 6 nitrogen and oxygen atoms in total. The average molecular weight is 442 g/mol. The largest absolute Gasteiger partial charge is 0.487 e. The Kier molecular flexibility index (Phi) is 7.57. The third kappa shape index (κ3) is 6.06. The number of carbonyl (C=O) groups excluding carboxylic acids is 2. The minimum absolute atomic E-state index is 0.00610. The van der Waals surface area contributed by atoms with Gasteiger partial charge < -0.3 is 14.5 Å². The van der Waals surface area contributed by atoms with Gasteiger partial charge in [0, 0.05) is 43.5 Å². The predicted molar refractivity (Wildman–Crippen MR) is 121 cm³/mol. The monoisotopic (exact) mass is 441 g/mol. The molecule has 1 saturated carbocycles. The van der Waals surface area contributed by atoms with Crippen LogP contribution in [0.25, 0.3) is 0 Å². The van der Waals surface area contributed by atoms with E-state index in [2.05, 4.69) is 4.98 Å². The Morgan fingerprint density at radius 1 is 1.06 bits per heavy atom. The lowest BCUT2D eigenvalue weighted by Crippen LogP contribution is -2.50. The van der Waals surface area contributed by atoms with Crippen molar-refractivity contribution in [2.24, 2.45) is 5.92 Å². The van der Waals surface area contributed by atoms with Crippen LogP contribution in [0.1, 0.15) is 61.0 Å². The molecule has 0 unspecified atom stereocenters. The summed E-state index contributed by atoms with van der Waals surface area (Å²) < 4.78 is 5.77. The lowest BCUT2D eigenvalue weighted by atomic mass is 9.86. The zero-order valence-electron chi connectivity index (χ0n) is 18.0. The van der Waals surface area contributed by atoms with Crippen LogP contribution in [0.5, 0.6) is 5.75 Å². The molecule has 0 spiro atoms. The molecule has 31 heavy (non-hydrogen) atoms. The number of thiazole rings is 1. The second-order valence-corrected chi connectivity index (χ2v) is 9.23. The number of benzene rings is 1. The quantitative estimate of drug-likeness (QED) is 0.640. The van der Waals surface area contributed by atoms with Gasteiger partial charge in [-0.3, -0.25) is 9.59 Å². The van der Waals surface area contributed by atoms with Gasteiger partial charge in [-0.05, 0) is 30.5 Å². The second-order valence-electron chi connectivity index (χ2n) is 8.51. The topological polar surface area (TPSA) is 62.7 Å². The maximum Gasteiger partial charge on any atom is 0.254 e. The highest BCUT2D eigenvalue weighted by atomic mass is 32.1. The van der Waals surface area contributed by atoms with Crippen molar-refractivity contribution in [3.8, 4) is 5.75 Å². The molecule has 2 fully saturated rings. The Hall–Kier alpha value is -2.41. The summed E-state index contributed by atoms with van der Waals surface area (Å²) in [5, 5.41) is 1.95. The molecule has 1 aliphatic heterocycles. The minimum atomic E-state index is -0.00610. The lowest BCUT2D eigenvalue weighted by molar-refractivity contribution is -0.133. The first kappa shape index (κ1) is 21.8. The highest BCUT2D eigenvalue weighted by Gasteiger charge is 2.25. The predicted octanol–water partition coefficient (Wildman–Crippen LogP) is 4.37. The first-order chi connectivity index (χ1) is 15.2. The maximum atomic E-state index is 12.9. The summed E-state index contributed by atoms with van der Waals surface area (Å²) in [6.45, 7) is 2.79. The van der Waals surface area contributed by atoms with Crippen LogP contribution in [-0.2, 0) is 11.4 Å². The Labute approximate surface area is 188 Å². The standard InChI is InChI=1S/C24H31N3O3S/c28-23(10-9-19-5-2-1-3-6-19)26-11-13-27(14-12-26)24(29)20-7-4-8-22(15-20)30-16-21-17-31-18-25-21/h4,7-8,15,17-19H,1-3,5-6,9-14,16H2.